The van der Waals surface area contributed by atoms with Gasteiger partial charge in [0.25, 0.3) is 11.8 Å². The van der Waals surface area contributed by atoms with Gasteiger partial charge in [0.15, 0.2) is 5.11 Å². The van der Waals surface area contributed by atoms with Crippen LogP contribution >= 0.6 is 12.2 Å². The number of hydrogen-bond acceptors (Lipinski definition) is 4. The van der Waals surface area contributed by atoms with Gasteiger partial charge in [-0.2, -0.15) is 13.2 Å². The van der Waals surface area contributed by atoms with Crippen molar-refractivity contribution in [2.24, 2.45) is 0 Å². The SMILES string of the molecule is CCCOc1cccc(C(=O)NC(=S)Nc2ccc(C(=O)Nc3cccc(C(F)(F)F)c3)cc2)c1. The second kappa shape index (κ2) is 11.5. The molecule has 0 fully saturated rings. The van der Waals surface area contributed by atoms with Crippen LogP contribution in [0.4, 0.5) is 24.5 Å². The van der Waals surface area contributed by atoms with Gasteiger partial charge in [0.05, 0.1) is 12.2 Å². The first-order valence-corrected chi connectivity index (χ1v) is 11.0. The Morgan fingerprint density at radius 3 is 2.26 bits per heavy atom. The molecule has 0 aliphatic carbocycles. The monoisotopic (exact) mass is 501 g/mol. The third-order valence-corrected chi connectivity index (χ3v) is 4.85. The molecule has 0 atom stereocenters. The van der Waals surface area contributed by atoms with Gasteiger partial charge in [0.1, 0.15) is 5.75 Å². The maximum Gasteiger partial charge on any atom is 0.416 e. The summed E-state index contributed by atoms with van der Waals surface area (Å²) in [4.78, 5) is 24.9. The van der Waals surface area contributed by atoms with Crippen LogP contribution < -0.4 is 20.7 Å². The van der Waals surface area contributed by atoms with Gasteiger partial charge in [0, 0.05) is 22.5 Å². The molecule has 2 amide bonds. The Morgan fingerprint density at radius 1 is 0.857 bits per heavy atom. The molecule has 0 saturated carbocycles. The lowest BCUT2D eigenvalue weighted by atomic mass is 10.1. The van der Waals surface area contributed by atoms with Crippen LogP contribution in [0, 0.1) is 0 Å². The summed E-state index contributed by atoms with van der Waals surface area (Å²) in [5.41, 5.74) is 0.285. The van der Waals surface area contributed by atoms with E-state index >= 15 is 0 Å². The fourth-order valence-corrected chi connectivity index (χ4v) is 3.18. The van der Waals surface area contributed by atoms with E-state index < -0.39 is 23.6 Å². The minimum atomic E-state index is -4.51. The predicted octanol–water partition coefficient (Wildman–Crippen LogP) is 5.87. The number of hydrogen-bond donors (Lipinski definition) is 3. The summed E-state index contributed by atoms with van der Waals surface area (Å²) in [5, 5.41) is 7.91. The number of amides is 2. The van der Waals surface area contributed by atoms with Crippen LogP contribution in [0.3, 0.4) is 0 Å². The molecule has 0 aliphatic heterocycles. The molecule has 0 bridgehead atoms. The third kappa shape index (κ3) is 7.54. The minimum absolute atomic E-state index is 0.0279. The Hall–Kier alpha value is -3.92. The van der Waals surface area contributed by atoms with Gasteiger partial charge in [-0.15, -0.1) is 0 Å². The van der Waals surface area contributed by atoms with Crippen LogP contribution in [0.1, 0.15) is 39.6 Å². The van der Waals surface area contributed by atoms with Gasteiger partial charge in [-0.05, 0) is 79.3 Å². The highest BCUT2D eigenvalue weighted by atomic mass is 32.1. The van der Waals surface area contributed by atoms with E-state index in [0.29, 0.717) is 23.6 Å². The second-order valence-corrected chi connectivity index (χ2v) is 7.80. The number of thiocarbonyl (C=S) groups is 1. The van der Waals surface area contributed by atoms with Gasteiger partial charge in [-0.3, -0.25) is 14.9 Å². The molecule has 6 nitrogen and oxygen atoms in total. The molecule has 10 heteroatoms. The molecule has 0 aliphatic rings. The average Bonchev–Trinajstić information content (AvgIpc) is 2.83. The van der Waals surface area contributed by atoms with E-state index in [0.717, 1.165) is 18.6 Å². The molecule has 182 valence electrons. The zero-order valence-corrected chi connectivity index (χ0v) is 19.4. The number of carbonyl (C=O) groups excluding carboxylic acids is 2. The summed E-state index contributed by atoms with van der Waals surface area (Å²) >= 11 is 5.18. The maximum atomic E-state index is 12.9. The Kier molecular flexibility index (Phi) is 8.43. The number of carbonyl (C=O) groups is 2. The highest BCUT2D eigenvalue weighted by Gasteiger charge is 2.30. The first-order chi connectivity index (χ1) is 16.7. The van der Waals surface area contributed by atoms with Crippen LogP contribution in [0.15, 0.2) is 72.8 Å². The summed E-state index contributed by atoms with van der Waals surface area (Å²) < 4.78 is 44.1. The van der Waals surface area contributed by atoms with Crippen molar-refractivity contribution in [1.82, 2.24) is 5.32 Å². The molecule has 3 rings (SSSR count). The highest BCUT2D eigenvalue weighted by molar-refractivity contribution is 7.80. The number of benzene rings is 3. The van der Waals surface area contributed by atoms with E-state index in [1.165, 1.54) is 24.3 Å². The van der Waals surface area contributed by atoms with Crippen molar-refractivity contribution in [2.45, 2.75) is 19.5 Å². The van der Waals surface area contributed by atoms with E-state index in [4.69, 9.17) is 17.0 Å². The minimum Gasteiger partial charge on any atom is -0.494 e. The molecule has 35 heavy (non-hydrogen) atoms. The van der Waals surface area contributed by atoms with Crippen LogP contribution in [0.5, 0.6) is 5.75 Å². The summed E-state index contributed by atoms with van der Waals surface area (Å²) in [5.74, 6) is -0.407. The van der Waals surface area contributed by atoms with Crippen molar-refractivity contribution in [3.63, 3.8) is 0 Å². The van der Waals surface area contributed by atoms with E-state index in [-0.39, 0.29) is 16.4 Å². The van der Waals surface area contributed by atoms with Crippen molar-refractivity contribution >= 4 is 40.5 Å². The molecule has 0 heterocycles. The summed E-state index contributed by atoms with van der Waals surface area (Å²) in [6.07, 6.45) is -3.66. The maximum absolute atomic E-state index is 12.9. The molecule has 3 aromatic rings. The number of alkyl halides is 3. The Labute approximate surface area is 205 Å². The molecule has 0 unspecified atom stereocenters. The van der Waals surface area contributed by atoms with Crippen LogP contribution in [0.25, 0.3) is 0 Å². The zero-order valence-electron chi connectivity index (χ0n) is 18.6. The van der Waals surface area contributed by atoms with E-state index in [2.05, 4.69) is 16.0 Å². The smallest absolute Gasteiger partial charge is 0.416 e. The quantitative estimate of drug-likeness (QED) is 0.353. The van der Waals surface area contributed by atoms with Crippen molar-refractivity contribution in [1.29, 1.82) is 0 Å². The van der Waals surface area contributed by atoms with Crippen LogP contribution in [0.2, 0.25) is 0 Å². The van der Waals surface area contributed by atoms with Crippen molar-refractivity contribution < 1.29 is 27.5 Å². The molecule has 0 radical (unpaired) electrons. The molecule has 3 aromatic carbocycles. The third-order valence-electron chi connectivity index (χ3n) is 4.65. The first-order valence-electron chi connectivity index (χ1n) is 10.6. The van der Waals surface area contributed by atoms with E-state index in [1.807, 2.05) is 6.92 Å². The summed E-state index contributed by atoms with van der Waals surface area (Å²) in [7, 11) is 0. The Bertz CT molecular complexity index is 1210. The van der Waals surface area contributed by atoms with Gasteiger partial charge in [-0.25, -0.2) is 0 Å². The van der Waals surface area contributed by atoms with Gasteiger partial charge >= 0.3 is 6.18 Å². The highest BCUT2D eigenvalue weighted by Crippen LogP contribution is 2.30. The molecule has 0 saturated heterocycles. The van der Waals surface area contributed by atoms with Crippen LogP contribution in [-0.2, 0) is 6.18 Å². The molecular weight excluding hydrogens is 479 g/mol. The number of nitrogens with one attached hydrogen (secondary N) is 3. The molecule has 0 aromatic heterocycles. The largest absolute Gasteiger partial charge is 0.494 e. The van der Waals surface area contributed by atoms with E-state index in [1.54, 1.807) is 36.4 Å². The fraction of sp³-hybridized carbons (Fsp3) is 0.160. The molecular formula is C25H22F3N3O3S. The van der Waals surface area contributed by atoms with Crippen molar-refractivity contribution in [2.75, 3.05) is 17.2 Å². The van der Waals surface area contributed by atoms with Crippen LogP contribution in [-0.4, -0.2) is 23.5 Å². The van der Waals surface area contributed by atoms with Gasteiger partial charge in [0.2, 0.25) is 0 Å². The number of rotatable bonds is 7. The lowest BCUT2D eigenvalue weighted by molar-refractivity contribution is -0.137. The predicted molar refractivity (Wildman–Crippen MR) is 132 cm³/mol. The summed E-state index contributed by atoms with van der Waals surface area (Å²) in [6, 6.07) is 17.2. The number of ether oxygens (including phenoxy) is 1. The van der Waals surface area contributed by atoms with Crippen molar-refractivity contribution in [3.05, 3.63) is 89.5 Å². The standard InChI is InChI=1S/C25H22F3N3O3S/c1-2-13-34-21-8-3-5-17(14-21)23(33)31-24(35)30-19-11-9-16(10-12-19)22(32)29-20-7-4-6-18(15-20)25(26,27)28/h3-12,14-15H,2,13H2,1H3,(H,29,32)(H2,30,31,33,35). The molecule has 0 spiro atoms. The lowest BCUT2D eigenvalue weighted by Gasteiger charge is -2.12. The van der Waals surface area contributed by atoms with E-state index in [9.17, 15) is 22.8 Å². The number of halogens is 3. The first kappa shape index (κ1) is 25.7. The topological polar surface area (TPSA) is 79.5 Å². The van der Waals surface area contributed by atoms with Crippen molar-refractivity contribution in [3.8, 4) is 5.75 Å². The summed E-state index contributed by atoms with van der Waals surface area (Å²) in [6.45, 7) is 2.52. The fourth-order valence-electron chi connectivity index (χ4n) is 2.97. The lowest BCUT2D eigenvalue weighted by Crippen LogP contribution is -2.34. The number of anilines is 2. The second-order valence-electron chi connectivity index (χ2n) is 7.39. The normalized spacial score (nSPS) is 10.9. The Morgan fingerprint density at radius 2 is 1.57 bits per heavy atom. The zero-order chi connectivity index (χ0) is 25.4. The molecule has 3 N–H and O–H groups in total. The van der Waals surface area contributed by atoms with Gasteiger partial charge in [-0.1, -0.05) is 19.1 Å². The Balaban J connectivity index is 1.57. The van der Waals surface area contributed by atoms with Gasteiger partial charge < -0.3 is 15.4 Å². The average molecular weight is 502 g/mol.